The van der Waals surface area contributed by atoms with Gasteiger partial charge in [-0.05, 0) is 24.6 Å². The molecular weight excluding hydrogens is 475 g/mol. The standard InChI is InChI=1S/C20H22F2N5O6P/c1-20(28)7-14(32-19(20)27-10-26-16-17(23)24-9-25-18(16)27)8-31-34(29)30-3-2-15(33-34)11-4-12(21)6-13(22)5-11/h4-6,9-10,14-15,19,28H,2-3,7-8H2,1H3,(H2,23,24,25)/t14-,15-,19+,20+,34?/m0/s1. The molecule has 0 amide bonds. The number of hydrogen-bond acceptors (Lipinski definition) is 10. The number of hydrogen-bond donors (Lipinski definition) is 2. The molecule has 4 heterocycles. The van der Waals surface area contributed by atoms with Gasteiger partial charge in [0.15, 0.2) is 17.7 Å². The number of anilines is 1. The minimum atomic E-state index is -4.05. The summed E-state index contributed by atoms with van der Waals surface area (Å²) >= 11 is 0. The monoisotopic (exact) mass is 497 g/mol. The first-order valence-electron chi connectivity index (χ1n) is 10.5. The van der Waals surface area contributed by atoms with Crippen LogP contribution in [0.25, 0.3) is 11.2 Å². The molecule has 2 aliphatic rings. The Bertz CT molecular complexity index is 1250. The number of rotatable bonds is 5. The van der Waals surface area contributed by atoms with Crippen LogP contribution in [-0.4, -0.2) is 49.5 Å². The Morgan fingerprint density at radius 1 is 1.29 bits per heavy atom. The molecule has 0 aliphatic carbocycles. The molecule has 0 spiro atoms. The molecule has 0 radical (unpaired) electrons. The van der Waals surface area contributed by atoms with Crippen LogP contribution in [0.4, 0.5) is 14.6 Å². The average Bonchev–Trinajstić information content (AvgIpc) is 3.32. The third-order valence-corrected chi connectivity index (χ3v) is 7.17. The average molecular weight is 497 g/mol. The van der Waals surface area contributed by atoms with E-state index in [9.17, 15) is 18.5 Å². The molecule has 3 N–H and O–H groups in total. The normalized spacial score (nSPS) is 31.8. The van der Waals surface area contributed by atoms with Gasteiger partial charge in [0.1, 0.15) is 29.1 Å². The largest absolute Gasteiger partial charge is 0.475 e. The van der Waals surface area contributed by atoms with Gasteiger partial charge in [-0.1, -0.05) is 0 Å². The van der Waals surface area contributed by atoms with E-state index in [0.717, 1.165) is 18.2 Å². The van der Waals surface area contributed by atoms with Crippen LogP contribution in [0.3, 0.4) is 0 Å². The molecule has 2 aromatic heterocycles. The summed E-state index contributed by atoms with van der Waals surface area (Å²) in [6, 6.07) is 2.95. The Hall–Kier alpha value is -2.54. The van der Waals surface area contributed by atoms with Crippen molar-refractivity contribution >= 4 is 24.8 Å². The van der Waals surface area contributed by atoms with Gasteiger partial charge in [0.2, 0.25) is 0 Å². The molecule has 0 saturated carbocycles. The summed E-state index contributed by atoms with van der Waals surface area (Å²) in [5, 5.41) is 11.0. The van der Waals surface area contributed by atoms with E-state index in [2.05, 4.69) is 15.0 Å². The zero-order valence-corrected chi connectivity index (χ0v) is 18.9. The van der Waals surface area contributed by atoms with Gasteiger partial charge in [0.25, 0.3) is 0 Å². The van der Waals surface area contributed by atoms with Crippen molar-refractivity contribution in [2.45, 2.75) is 43.8 Å². The number of fused-ring (bicyclic) bond motifs is 1. The molecule has 14 heteroatoms. The minimum absolute atomic E-state index is 0.00803. The number of halogens is 2. The lowest BCUT2D eigenvalue weighted by Crippen LogP contribution is -2.31. The number of imidazole rings is 1. The summed E-state index contributed by atoms with van der Waals surface area (Å²) in [5.41, 5.74) is 5.43. The summed E-state index contributed by atoms with van der Waals surface area (Å²) < 4.78 is 63.8. The SMILES string of the molecule is C[C@@]1(O)C[C@@H](COP2(=O)OCC[C@@H](c3cc(F)cc(F)c3)O2)O[C@H]1n1cnc2c(N)ncnc21. The van der Waals surface area contributed by atoms with Crippen molar-refractivity contribution in [2.75, 3.05) is 18.9 Å². The molecular formula is C20H22F2N5O6P. The molecule has 11 nitrogen and oxygen atoms in total. The van der Waals surface area contributed by atoms with Gasteiger partial charge in [-0.2, -0.15) is 0 Å². The summed E-state index contributed by atoms with van der Waals surface area (Å²) in [6.45, 7) is 1.37. The number of phosphoric acid groups is 1. The Kier molecular flexibility index (Phi) is 5.87. The maximum atomic E-state index is 13.6. The summed E-state index contributed by atoms with van der Waals surface area (Å²) in [7, 11) is -4.05. The minimum Gasteiger partial charge on any atom is -0.385 e. The van der Waals surface area contributed by atoms with Crippen molar-refractivity contribution in [2.24, 2.45) is 0 Å². The van der Waals surface area contributed by atoms with Crippen LogP contribution in [0.2, 0.25) is 0 Å². The van der Waals surface area contributed by atoms with Gasteiger partial charge in [-0.3, -0.25) is 18.1 Å². The van der Waals surface area contributed by atoms with Crippen LogP contribution in [0.1, 0.15) is 37.7 Å². The quantitative estimate of drug-likeness (QED) is 0.505. The molecule has 2 aliphatic heterocycles. The van der Waals surface area contributed by atoms with E-state index in [1.165, 1.54) is 17.2 Å². The number of aliphatic hydroxyl groups is 1. The van der Waals surface area contributed by atoms with E-state index in [4.69, 9.17) is 24.0 Å². The molecule has 1 unspecified atom stereocenters. The van der Waals surface area contributed by atoms with Gasteiger partial charge in [-0.25, -0.2) is 28.3 Å². The Labute approximate surface area is 192 Å². The smallest absolute Gasteiger partial charge is 0.385 e. The number of nitrogen functional groups attached to an aromatic ring is 1. The van der Waals surface area contributed by atoms with Gasteiger partial charge in [0.05, 0.1) is 31.7 Å². The Balaban J connectivity index is 1.28. The number of benzene rings is 1. The maximum Gasteiger partial charge on any atom is 0.475 e. The fourth-order valence-electron chi connectivity index (χ4n) is 4.19. The molecule has 34 heavy (non-hydrogen) atoms. The summed E-state index contributed by atoms with van der Waals surface area (Å²) in [4.78, 5) is 12.2. The van der Waals surface area contributed by atoms with Gasteiger partial charge < -0.3 is 15.6 Å². The van der Waals surface area contributed by atoms with Crippen LogP contribution in [0, 0.1) is 11.6 Å². The number of nitrogens with two attached hydrogens (primary N) is 1. The van der Waals surface area contributed by atoms with E-state index in [1.54, 1.807) is 6.92 Å². The molecule has 1 aromatic carbocycles. The summed E-state index contributed by atoms with van der Waals surface area (Å²) in [6.07, 6.45) is 0.676. The molecule has 5 rings (SSSR count). The van der Waals surface area contributed by atoms with Crippen molar-refractivity contribution in [3.8, 4) is 0 Å². The number of phosphoric ester groups is 1. The first-order chi connectivity index (χ1) is 16.1. The van der Waals surface area contributed by atoms with Gasteiger partial charge in [0, 0.05) is 18.9 Å². The van der Waals surface area contributed by atoms with Crippen LogP contribution in [0.5, 0.6) is 0 Å². The van der Waals surface area contributed by atoms with Crippen molar-refractivity contribution in [3.63, 3.8) is 0 Å². The van der Waals surface area contributed by atoms with E-state index in [1.807, 2.05) is 0 Å². The molecule has 5 atom stereocenters. The Morgan fingerprint density at radius 2 is 2.06 bits per heavy atom. The maximum absolute atomic E-state index is 13.6. The highest BCUT2D eigenvalue weighted by molar-refractivity contribution is 7.48. The predicted octanol–water partition coefficient (Wildman–Crippen LogP) is 3.03. The number of aromatic nitrogens is 4. The van der Waals surface area contributed by atoms with Crippen molar-refractivity contribution < 1.29 is 36.8 Å². The Morgan fingerprint density at radius 3 is 2.82 bits per heavy atom. The predicted molar refractivity (Wildman–Crippen MR) is 113 cm³/mol. The van der Waals surface area contributed by atoms with E-state index in [-0.39, 0.29) is 37.4 Å². The second-order valence-corrected chi connectivity index (χ2v) is 10.0. The first-order valence-corrected chi connectivity index (χ1v) is 11.9. The van der Waals surface area contributed by atoms with Crippen LogP contribution in [-0.2, 0) is 22.9 Å². The van der Waals surface area contributed by atoms with E-state index in [0.29, 0.717) is 11.2 Å². The van der Waals surface area contributed by atoms with Crippen LogP contribution in [0.15, 0.2) is 30.9 Å². The highest BCUT2D eigenvalue weighted by Crippen LogP contribution is 2.57. The second-order valence-electron chi connectivity index (χ2n) is 8.42. The highest BCUT2D eigenvalue weighted by Gasteiger charge is 2.47. The fourth-order valence-corrected chi connectivity index (χ4v) is 5.60. The van der Waals surface area contributed by atoms with E-state index >= 15 is 0 Å². The number of nitrogens with zero attached hydrogens (tertiary/aromatic N) is 4. The molecule has 2 saturated heterocycles. The zero-order valence-electron chi connectivity index (χ0n) is 18.0. The summed E-state index contributed by atoms with van der Waals surface area (Å²) in [5.74, 6) is -1.35. The van der Waals surface area contributed by atoms with Crippen molar-refractivity contribution in [1.82, 2.24) is 19.5 Å². The van der Waals surface area contributed by atoms with Crippen LogP contribution < -0.4 is 5.73 Å². The molecule has 0 bridgehead atoms. The fraction of sp³-hybridized carbons (Fsp3) is 0.450. The van der Waals surface area contributed by atoms with Gasteiger partial charge >= 0.3 is 7.82 Å². The zero-order chi connectivity index (χ0) is 24.1. The highest BCUT2D eigenvalue weighted by atomic mass is 31.2. The lowest BCUT2D eigenvalue weighted by Gasteiger charge is -2.29. The molecule has 3 aromatic rings. The second kappa shape index (κ2) is 8.59. The first kappa shape index (κ1) is 23.2. The van der Waals surface area contributed by atoms with Crippen molar-refractivity contribution in [3.05, 3.63) is 48.1 Å². The van der Waals surface area contributed by atoms with E-state index < -0.39 is 43.5 Å². The lowest BCUT2D eigenvalue weighted by molar-refractivity contribution is -0.0869. The van der Waals surface area contributed by atoms with Crippen LogP contribution >= 0.6 is 7.82 Å². The topological polar surface area (TPSA) is 144 Å². The lowest BCUT2D eigenvalue weighted by atomic mass is 10.0. The molecule has 2 fully saturated rings. The van der Waals surface area contributed by atoms with Gasteiger partial charge in [-0.15, -0.1) is 0 Å². The third-order valence-electron chi connectivity index (χ3n) is 5.70. The third kappa shape index (κ3) is 4.42. The molecule has 182 valence electrons. The van der Waals surface area contributed by atoms with Crippen molar-refractivity contribution in [1.29, 1.82) is 0 Å². The number of ether oxygens (including phenoxy) is 1.